The highest BCUT2D eigenvalue weighted by atomic mass is 19.1. The number of carboxylic acid groups (broad SMARTS) is 1. The Balaban J connectivity index is 2.23. The van der Waals surface area contributed by atoms with Crippen LogP contribution in [0.4, 0.5) is 4.39 Å². The van der Waals surface area contributed by atoms with Gasteiger partial charge in [-0.05, 0) is 31.0 Å². The number of hydrogen-bond donors (Lipinski definition) is 2. The number of methoxy groups -OCH3 is 1. The van der Waals surface area contributed by atoms with Crippen molar-refractivity contribution >= 4 is 5.97 Å². The molecule has 1 aliphatic heterocycles. The van der Waals surface area contributed by atoms with Crippen molar-refractivity contribution in [3.63, 3.8) is 0 Å². The zero-order valence-corrected chi connectivity index (χ0v) is 9.44. The number of halogens is 1. The first-order valence-corrected chi connectivity index (χ1v) is 5.44. The van der Waals surface area contributed by atoms with Gasteiger partial charge in [0.1, 0.15) is 17.6 Å². The van der Waals surface area contributed by atoms with Crippen LogP contribution in [0.2, 0.25) is 0 Å². The highest BCUT2D eigenvalue weighted by Crippen LogP contribution is 2.33. The van der Waals surface area contributed by atoms with Crippen molar-refractivity contribution in [2.75, 3.05) is 7.11 Å². The third-order valence-electron chi connectivity index (χ3n) is 3.01. The molecule has 1 saturated heterocycles. The molecule has 1 aromatic carbocycles. The van der Waals surface area contributed by atoms with Crippen LogP contribution in [0.5, 0.6) is 5.75 Å². The zero-order chi connectivity index (χ0) is 12.4. The van der Waals surface area contributed by atoms with Gasteiger partial charge in [-0.2, -0.15) is 0 Å². The van der Waals surface area contributed by atoms with Gasteiger partial charge in [0, 0.05) is 11.6 Å². The second-order valence-electron chi connectivity index (χ2n) is 4.07. The highest BCUT2D eigenvalue weighted by Gasteiger charge is 2.31. The molecule has 0 spiro atoms. The van der Waals surface area contributed by atoms with Crippen LogP contribution in [0.1, 0.15) is 24.4 Å². The molecule has 2 unspecified atom stereocenters. The average Bonchev–Trinajstić information content (AvgIpc) is 2.78. The van der Waals surface area contributed by atoms with E-state index in [1.54, 1.807) is 6.07 Å². The standard InChI is InChI=1S/C12H14FNO3/c1-17-11-5-2-7(13)6-8(11)9-3-4-10(14-9)12(15)16/h2,5-6,9-10,14H,3-4H2,1H3,(H,15,16). The van der Waals surface area contributed by atoms with Crippen molar-refractivity contribution in [3.05, 3.63) is 29.6 Å². The summed E-state index contributed by atoms with van der Waals surface area (Å²) in [4.78, 5) is 10.8. The van der Waals surface area contributed by atoms with Gasteiger partial charge in [-0.1, -0.05) is 0 Å². The van der Waals surface area contributed by atoms with Crippen LogP contribution in [0.3, 0.4) is 0 Å². The number of carboxylic acids is 1. The maximum Gasteiger partial charge on any atom is 0.320 e. The fourth-order valence-corrected chi connectivity index (χ4v) is 2.16. The first kappa shape index (κ1) is 11.9. The molecule has 92 valence electrons. The Hall–Kier alpha value is -1.62. The van der Waals surface area contributed by atoms with Gasteiger partial charge in [0.05, 0.1) is 7.11 Å². The minimum absolute atomic E-state index is 0.165. The van der Waals surface area contributed by atoms with E-state index in [-0.39, 0.29) is 11.9 Å². The molecule has 2 atom stereocenters. The van der Waals surface area contributed by atoms with Crippen molar-refractivity contribution in [1.29, 1.82) is 0 Å². The van der Waals surface area contributed by atoms with Crippen molar-refractivity contribution in [2.45, 2.75) is 24.9 Å². The molecule has 0 aromatic heterocycles. The quantitative estimate of drug-likeness (QED) is 0.843. The second kappa shape index (κ2) is 4.71. The molecule has 0 saturated carbocycles. The third-order valence-corrected chi connectivity index (χ3v) is 3.01. The molecule has 5 heteroatoms. The fraction of sp³-hybridized carbons (Fsp3) is 0.417. The number of aliphatic carboxylic acids is 1. The first-order chi connectivity index (χ1) is 8.11. The first-order valence-electron chi connectivity index (χ1n) is 5.44. The summed E-state index contributed by atoms with van der Waals surface area (Å²) in [6.07, 6.45) is 1.20. The lowest BCUT2D eigenvalue weighted by Crippen LogP contribution is -2.31. The zero-order valence-electron chi connectivity index (χ0n) is 9.44. The predicted molar refractivity (Wildman–Crippen MR) is 59.5 cm³/mol. The normalized spacial score (nSPS) is 23.6. The molecular formula is C12H14FNO3. The molecule has 0 amide bonds. The Labute approximate surface area is 98.4 Å². The lowest BCUT2D eigenvalue weighted by Gasteiger charge is -2.15. The molecule has 2 N–H and O–H groups in total. The maximum atomic E-state index is 13.2. The molecule has 4 nitrogen and oxygen atoms in total. The van der Waals surface area contributed by atoms with Crippen LogP contribution in [0.25, 0.3) is 0 Å². The number of nitrogens with one attached hydrogen (secondary N) is 1. The monoisotopic (exact) mass is 239 g/mol. The van der Waals surface area contributed by atoms with Gasteiger partial charge in [0.15, 0.2) is 0 Å². The van der Waals surface area contributed by atoms with Crippen LogP contribution in [0, 0.1) is 5.82 Å². The van der Waals surface area contributed by atoms with Gasteiger partial charge in [0.25, 0.3) is 0 Å². The van der Waals surface area contributed by atoms with E-state index in [9.17, 15) is 9.18 Å². The van der Waals surface area contributed by atoms with E-state index in [1.165, 1.54) is 19.2 Å². The summed E-state index contributed by atoms with van der Waals surface area (Å²) >= 11 is 0. The van der Waals surface area contributed by atoms with Gasteiger partial charge in [-0.25, -0.2) is 4.39 Å². The van der Waals surface area contributed by atoms with E-state index in [1.807, 2.05) is 0 Å². The summed E-state index contributed by atoms with van der Waals surface area (Å²) in [6, 6.07) is 3.54. The Bertz CT molecular complexity index is 436. The van der Waals surface area contributed by atoms with Gasteiger partial charge >= 0.3 is 5.97 Å². The Kier molecular flexibility index (Phi) is 3.28. The van der Waals surface area contributed by atoms with E-state index in [4.69, 9.17) is 9.84 Å². The van der Waals surface area contributed by atoms with Crippen LogP contribution in [0.15, 0.2) is 18.2 Å². The SMILES string of the molecule is COc1ccc(F)cc1C1CCC(C(=O)O)N1. The molecule has 1 heterocycles. The minimum Gasteiger partial charge on any atom is -0.496 e. The summed E-state index contributed by atoms with van der Waals surface area (Å²) < 4.78 is 18.3. The van der Waals surface area contributed by atoms with E-state index >= 15 is 0 Å². The lowest BCUT2D eigenvalue weighted by molar-refractivity contribution is -0.139. The van der Waals surface area contributed by atoms with E-state index < -0.39 is 12.0 Å². The molecule has 0 aliphatic carbocycles. The number of benzene rings is 1. The maximum absolute atomic E-state index is 13.2. The summed E-state index contributed by atoms with van der Waals surface area (Å²) in [7, 11) is 1.51. The average molecular weight is 239 g/mol. The van der Waals surface area contributed by atoms with Crippen LogP contribution >= 0.6 is 0 Å². The Morgan fingerprint density at radius 2 is 2.29 bits per heavy atom. The summed E-state index contributed by atoms with van der Waals surface area (Å²) in [5.41, 5.74) is 0.677. The molecule has 0 radical (unpaired) electrons. The topological polar surface area (TPSA) is 58.6 Å². The van der Waals surface area contributed by atoms with Gasteiger partial charge < -0.3 is 9.84 Å². The number of hydrogen-bond acceptors (Lipinski definition) is 3. The molecule has 1 aliphatic rings. The van der Waals surface area contributed by atoms with Crippen molar-refractivity contribution in [3.8, 4) is 5.75 Å². The lowest BCUT2D eigenvalue weighted by atomic mass is 10.0. The van der Waals surface area contributed by atoms with E-state index in [0.29, 0.717) is 24.2 Å². The highest BCUT2D eigenvalue weighted by molar-refractivity contribution is 5.74. The molecule has 17 heavy (non-hydrogen) atoms. The molecule has 1 aromatic rings. The fourth-order valence-electron chi connectivity index (χ4n) is 2.16. The molecule has 0 bridgehead atoms. The van der Waals surface area contributed by atoms with Crippen molar-refractivity contribution in [2.24, 2.45) is 0 Å². The van der Waals surface area contributed by atoms with Crippen LogP contribution < -0.4 is 10.1 Å². The molecule has 1 fully saturated rings. The summed E-state index contributed by atoms with van der Waals surface area (Å²) in [6.45, 7) is 0. The third kappa shape index (κ3) is 2.39. The number of rotatable bonds is 3. The molecular weight excluding hydrogens is 225 g/mol. The Morgan fingerprint density at radius 1 is 1.53 bits per heavy atom. The van der Waals surface area contributed by atoms with Crippen molar-refractivity contribution < 1.29 is 19.0 Å². The predicted octanol–water partition coefficient (Wildman–Crippen LogP) is 1.71. The summed E-state index contributed by atoms with van der Waals surface area (Å²) in [5.74, 6) is -0.640. The summed E-state index contributed by atoms with van der Waals surface area (Å²) in [5, 5.41) is 11.9. The second-order valence-corrected chi connectivity index (χ2v) is 4.07. The Morgan fingerprint density at radius 3 is 2.88 bits per heavy atom. The number of ether oxygens (including phenoxy) is 1. The van der Waals surface area contributed by atoms with Gasteiger partial charge in [0.2, 0.25) is 0 Å². The largest absolute Gasteiger partial charge is 0.496 e. The minimum atomic E-state index is -0.872. The molecule has 2 rings (SSSR count). The van der Waals surface area contributed by atoms with Crippen molar-refractivity contribution in [1.82, 2.24) is 5.32 Å². The number of carbonyl (C=O) groups is 1. The van der Waals surface area contributed by atoms with Gasteiger partial charge in [-0.15, -0.1) is 0 Å². The van der Waals surface area contributed by atoms with Crippen LogP contribution in [-0.2, 0) is 4.79 Å². The van der Waals surface area contributed by atoms with E-state index in [2.05, 4.69) is 5.32 Å². The van der Waals surface area contributed by atoms with Crippen LogP contribution in [-0.4, -0.2) is 24.2 Å². The smallest absolute Gasteiger partial charge is 0.320 e. The van der Waals surface area contributed by atoms with Gasteiger partial charge in [-0.3, -0.25) is 10.1 Å². The van der Waals surface area contributed by atoms with E-state index in [0.717, 1.165) is 0 Å².